The van der Waals surface area contributed by atoms with Crippen molar-refractivity contribution in [2.75, 3.05) is 31.6 Å². The molecule has 1 aliphatic heterocycles. The molecule has 0 atom stereocenters. The molecule has 14 heteroatoms. The van der Waals surface area contributed by atoms with E-state index < -0.39 is 16.1 Å². The summed E-state index contributed by atoms with van der Waals surface area (Å²) in [7, 11) is -3.63. The van der Waals surface area contributed by atoms with Gasteiger partial charge in [0.2, 0.25) is 5.82 Å². The largest absolute Gasteiger partial charge is 0.365 e. The zero-order valence-corrected chi connectivity index (χ0v) is 18.3. The Morgan fingerprint density at radius 3 is 2.90 bits per heavy atom. The number of hydroxylamine groups is 1. The van der Waals surface area contributed by atoms with Crippen molar-refractivity contribution in [3.05, 3.63) is 34.2 Å². The highest BCUT2D eigenvalue weighted by Crippen LogP contribution is 2.25. The molecule has 0 saturated carbocycles. The Morgan fingerprint density at radius 2 is 2.23 bits per heavy atom. The lowest BCUT2D eigenvalue weighted by molar-refractivity contribution is 0.162. The fourth-order valence-corrected chi connectivity index (χ4v) is 4.38. The van der Waals surface area contributed by atoms with Crippen molar-refractivity contribution < 1.29 is 26.8 Å². The van der Waals surface area contributed by atoms with Crippen molar-refractivity contribution in [3.8, 4) is 0 Å². The van der Waals surface area contributed by atoms with E-state index >= 15 is 0 Å². The number of amidine groups is 1. The molecule has 2 aromatic rings. The summed E-state index contributed by atoms with van der Waals surface area (Å²) in [6.45, 7) is 2.96. The highest BCUT2D eigenvalue weighted by Gasteiger charge is 2.35. The van der Waals surface area contributed by atoms with Crippen molar-refractivity contribution in [2.24, 2.45) is 10.9 Å². The van der Waals surface area contributed by atoms with Gasteiger partial charge < -0.3 is 5.32 Å². The molecule has 1 saturated heterocycles. The maximum absolute atomic E-state index is 13.4. The van der Waals surface area contributed by atoms with E-state index in [2.05, 4.69) is 36.6 Å². The van der Waals surface area contributed by atoms with Gasteiger partial charge in [-0.3, -0.25) is 14.9 Å². The lowest BCUT2D eigenvalue weighted by Gasteiger charge is -2.37. The summed E-state index contributed by atoms with van der Waals surface area (Å²) in [5.41, 5.74) is 2.43. The Balaban J connectivity index is 1.57. The normalized spacial score (nSPS) is 15.8. The van der Waals surface area contributed by atoms with Crippen molar-refractivity contribution in [3.63, 3.8) is 0 Å². The molecule has 2 heterocycles. The van der Waals surface area contributed by atoms with Crippen LogP contribution in [0.1, 0.15) is 19.0 Å². The predicted octanol–water partition coefficient (Wildman–Crippen LogP) is 2.04. The molecule has 30 heavy (non-hydrogen) atoms. The van der Waals surface area contributed by atoms with Gasteiger partial charge in [-0.2, -0.15) is 12.7 Å². The van der Waals surface area contributed by atoms with Gasteiger partial charge in [0.25, 0.3) is 0 Å². The van der Waals surface area contributed by atoms with Crippen LogP contribution in [0.5, 0.6) is 0 Å². The number of aliphatic imine (C=N–C) groups is 1. The minimum absolute atomic E-state index is 0.0464. The predicted molar refractivity (Wildman–Crippen MR) is 108 cm³/mol. The molecule has 1 aromatic heterocycles. The van der Waals surface area contributed by atoms with Crippen LogP contribution in [0, 0.1) is 11.7 Å². The molecule has 0 amide bonds. The van der Waals surface area contributed by atoms with Gasteiger partial charge in [0.15, 0.2) is 11.5 Å². The van der Waals surface area contributed by atoms with Gasteiger partial charge in [0, 0.05) is 19.6 Å². The molecule has 0 bridgehead atoms. The number of nitrogens with one attached hydrogen (secondary N) is 2. The average molecular weight is 507 g/mol. The summed E-state index contributed by atoms with van der Waals surface area (Å²) in [6.07, 6.45) is 0.675. The number of aromatic nitrogens is 2. The maximum atomic E-state index is 13.4. The quantitative estimate of drug-likeness (QED) is 0.264. The van der Waals surface area contributed by atoms with Gasteiger partial charge in [-0.25, -0.2) is 14.0 Å². The molecule has 0 aliphatic carbocycles. The van der Waals surface area contributed by atoms with E-state index in [9.17, 15) is 18.0 Å². The standard InChI is InChI=1S/C16H20BrFN6O5S/c1-2-28-30(26,27)24-8-10(9-24)5-6-19-15-14(22-29-23-15)16(21-25)20-11-3-4-13(18)12(17)7-11/h3-4,7,10,25H,2,5-6,8-9H2,1H3,(H,19,23)(H,20,21). The van der Waals surface area contributed by atoms with Crippen LogP contribution in [0.2, 0.25) is 0 Å². The molecule has 1 fully saturated rings. The van der Waals surface area contributed by atoms with Crippen LogP contribution < -0.4 is 10.8 Å². The Bertz CT molecular complexity index is 1010. The van der Waals surface area contributed by atoms with E-state index in [1.165, 1.54) is 22.5 Å². The van der Waals surface area contributed by atoms with Crippen molar-refractivity contribution in [2.45, 2.75) is 13.3 Å². The lowest BCUT2D eigenvalue weighted by atomic mass is 9.99. The number of anilines is 1. The first-order chi connectivity index (χ1) is 14.3. The maximum Gasteiger partial charge on any atom is 0.338 e. The molecular formula is C16H20BrFN6O5S. The smallest absolute Gasteiger partial charge is 0.338 e. The van der Waals surface area contributed by atoms with Crippen LogP contribution in [-0.2, 0) is 14.5 Å². The fourth-order valence-electron chi connectivity index (χ4n) is 2.78. The summed E-state index contributed by atoms with van der Waals surface area (Å²) >= 11 is 3.07. The second kappa shape index (κ2) is 9.78. The van der Waals surface area contributed by atoms with Gasteiger partial charge in [0.1, 0.15) is 5.82 Å². The van der Waals surface area contributed by atoms with Crippen molar-refractivity contribution in [1.29, 1.82) is 0 Å². The Kier molecular flexibility index (Phi) is 7.36. The van der Waals surface area contributed by atoms with Gasteiger partial charge in [-0.05, 0) is 63.7 Å². The van der Waals surface area contributed by atoms with E-state index in [4.69, 9.17) is 8.81 Å². The SMILES string of the molecule is CCOS(=O)(=O)N1CC(CCNc2nonc2C(=Nc2ccc(F)c(Br)c2)NO)C1. The lowest BCUT2D eigenvalue weighted by Crippen LogP contribution is -2.50. The molecule has 3 N–H and O–H groups in total. The topological polar surface area (TPSA) is 142 Å². The molecular weight excluding hydrogens is 487 g/mol. The monoisotopic (exact) mass is 506 g/mol. The Labute approximate surface area is 180 Å². The molecule has 0 radical (unpaired) electrons. The molecule has 3 rings (SSSR count). The molecule has 1 aromatic carbocycles. The van der Waals surface area contributed by atoms with Gasteiger partial charge in [-0.1, -0.05) is 0 Å². The summed E-state index contributed by atoms with van der Waals surface area (Å²) in [5, 5.41) is 19.9. The molecule has 0 unspecified atom stereocenters. The fraction of sp³-hybridized carbons (Fsp3) is 0.438. The second-order valence-electron chi connectivity index (χ2n) is 6.39. The minimum atomic E-state index is -3.63. The van der Waals surface area contributed by atoms with E-state index in [0.717, 1.165) is 0 Å². The molecule has 164 valence electrons. The third-order valence-electron chi connectivity index (χ3n) is 4.31. The second-order valence-corrected chi connectivity index (χ2v) is 8.86. The number of rotatable bonds is 9. The first-order valence-corrected chi connectivity index (χ1v) is 11.1. The summed E-state index contributed by atoms with van der Waals surface area (Å²) in [4.78, 5) is 4.18. The van der Waals surface area contributed by atoms with E-state index in [1.807, 2.05) is 5.48 Å². The number of halogens is 2. The van der Waals surface area contributed by atoms with Crippen molar-refractivity contribution in [1.82, 2.24) is 20.1 Å². The minimum Gasteiger partial charge on any atom is -0.365 e. The van der Waals surface area contributed by atoms with Gasteiger partial charge in [-0.15, -0.1) is 0 Å². The van der Waals surface area contributed by atoms with E-state index in [-0.39, 0.29) is 34.3 Å². The molecule has 11 nitrogen and oxygen atoms in total. The van der Waals surface area contributed by atoms with E-state index in [0.29, 0.717) is 31.7 Å². The number of hydrogen-bond donors (Lipinski definition) is 3. The van der Waals surface area contributed by atoms with Crippen LogP contribution in [0.3, 0.4) is 0 Å². The number of benzene rings is 1. The number of hydrogen-bond acceptors (Lipinski definition) is 9. The molecule has 0 spiro atoms. The van der Waals surface area contributed by atoms with Gasteiger partial charge in [0.05, 0.1) is 16.8 Å². The van der Waals surface area contributed by atoms with Crippen LogP contribution in [0.4, 0.5) is 15.9 Å². The van der Waals surface area contributed by atoms with Crippen LogP contribution in [0.15, 0.2) is 32.3 Å². The first-order valence-electron chi connectivity index (χ1n) is 8.99. The number of nitrogens with zero attached hydrogens (tertiary/aromatic N) is 4. The summed E-state index contributed by atoms with van der Waals surface area (Å²) < 4.78 is 47.9. The summed E-state index contributed by atoms with van der Waals surface area (Å²) in [6, 6.07) is 4.09. The molecule has 1 aliphatic rings. The third kappa shape index (κ3) is 5.31. The Morgan fingerprint density at radius 1 is 1.47 bits per heavy atom. The van der Waals surface area contributed by atoms with Crippen LogP contribution in [-0.4, -0.2) is 60.3 Å². The Hall–Kier alpha value is -2.13. The average Bonchev–Trinajstić information content (AvgIpc) is 3.12. The third-order valence-corrected chi connectivity index (χ3v) is 6.39. The van der Waals surface area contributed by atoms with E-state index in [1.54, 1.807) is 6.92 Å². The zero-order chi connectivity index (χ0) is 21.7. The summed E-state index contributed by atoms with van der Waals surface area (Å²) in [5.74, 6) is -0.0669. The van der Waals surface area contributed by atoms with Crippen molar-refractivity contribution >= 4 is 43.6 Å². The highest BCUT2D eigenvalue weighted by molar-refractivity contribution is 9.10. The first kappa shape index (κ1) is 22.6. The zero-order valence-electron chi connectivity index (χ0n) is 15.9. The van der Waals surface area contributed by atoms with Gasteiger partial charge >= 0.3 is 10.3 Å². The van der Waals surface area contributed by atoms with Crippen LogP contribution in [0.25, 0.3) is 0 Å². The van der Waals surface area contributed by atoms with Crippen LogP contribution >= 0.6 is 15.9 Å². The highest BCUT2D eigenvalue weighted by atomic mass is 79.9.